The molecular formula is C38H31ClF4N6O3. The molecule has 1 unspecified atom stereocenters. The van der Waals surface area contributed by atoms with E-state index in [4.69, 9.17) is 26.1 Å². The molecule has 8 rings (SSSR count). The molecule has 4 aromatic carbocycles. The first-order valence-corrected chi connectivity index (χ1v) is 16.9. The Morgan fingerprint density at radius 2 is 1.92 bits per heavy atom. The van der Waals surface area contributed by atoms with Crippen LogP contribution in [0.5, 0.6) is 11.5 Å². The molecule has 2 aromatic heterocycles. The topological polar surface area (TPSA) is 97.3 Å². The summed E-state index contributed by atoms with van der Waals surface area (Å²) in [7, 11) is 1.90. The number of carbonyl (C=O) groups excluding carboxylic acids is 1. The Kier molecular flexibility index (Phi) is 8.03. The molecule has 4 heterocycles. The Morgan fingerprint density at radius 1 is 1.10 bits per heavy atom. The zero-order valence-electron chi connectivity index (χ0n) is 28.2. The van der Waals surface area contributed by atoms with E-state index in [9.17, 15) is 22.4 Å². The summed E-state index contributed by atoms with van der Waals surface area (Å²) < 4.78 is 70.6. The summed E-state index contributed by atoms with van der Waals surface area (Å²) in [6, 6.07) is 17.5. The first kappa shape index (κ1) is 33.7. The molecule has 0 spiro atoms. The van der Waals surface area contributed by atoms with Crippen molar-refractivity contribution in [2.75, 3.05) is 18.4 Å². The van der Waals surface area contributed by atoms with Crippen LogP contribution in [0, 0.1) is 12.7 Å². The summed E-state index contributed by atoms with van der Waals surface area (Å²) in [5.41, 5.74) is 3.23. The molecule has 2 aliphatic heterocycles. The molecule has 6 aromatic rings. The van der Waals surface area contributed by atoms with Crippen LogP contribution in [-0.2, 0) is 25.6 Å². The third-order valence-electron chi connectivity index (χ3n) is 9.65. The van der Waals surface area contributed by atoms with Gasteiger partial charge in [0, 0.05) is 60.0 Å². The zero-order chi connectivity index (χ0) is 36.5. The van der Waals surface area contributed by atoms with Gasteiger partial charge in [0.25, 0.3) is 11.7 Å². The monoisotopic (exact) mass is 730 g/mol. The van der Waals surface area contributed by atoms with Gasteiger partial charge in [0.15, 0.2) is 11.5 Å². The number of halogens is 5. The number of carbonyl (C=O) groups is 1. The maximum atomic E-state index is 14.8. The first-order chi connectivity index (χ1) is 24.8. The minimum atomic E-state index is -4.65. The number of fused-ring (bicyclic) bond motifs is 3. The van der Waals surface area contributed by atoms with Gasteiger partial charge in [-0.3, -0.25) is 14.8 Å². The van der Waals surface area contributed by atoms with Gasteiger partial charge in [-0.1, -0.05) is 29.8 Å². The summed E-state index contributed by atoms with van der Waals surface area (Å²) in [5, 5.41) is 9.56. The lowest BCUT2D eigenvalue weighted by molar-refractivity contribution is -0.136. The molecule has 0 aliphatic carbocycles. The molecule has 266 valence electrons. The summed E-state index contributed by atoms with van der Waals surface area (Å²) in [6.07, 6.45) is -1.79. The number of ether oxygens (including phenoxy) is 2. The number of aryl methyl sites for hydroxylation is 2. The predicted octanol–water partition coefficient (Wildman–Crippen LogP) is 8.76. The highest BCUT2D eigenvalue weighted by molar-refractivity contribution is 6.30. The van der Waals surface area contributed by atoms with Gasteiger partial charge in [-0.2, -0.15) is 18.3 Å². The molecule has 0 radical (unpaired) electrons. The number of anilines is 1. The lowest BCUT2D eigenvalue weighted by Crippen LogP contribution is -2.32. The fourth-order valence-corrected chi connectivity index (χ4v) is 7.07. The highest BCUT2D eigenvalue weighted by atomic mass is 35.5. The first-order valence-electron chi connectivity index (χ1n) is 16.5. The van der Waals surface area contributed by atoms with Crippen LogP contribution in [-0.4, -0.2) is 43.6 Å². The van der Waals surface area contributed by atoms with E-state index >= 15 is 0 Å². The number of aromatic amines is 1. The largest absolute Gasteiger partial charge is 0.444 e. The van der Waals surface area contributed by atoms with Crippen molar-refractivity contribution in [3.8, 4) is 11.5 Å². The van der Waals surface area contributed by atoms with Crippen molar-refractivity contribution in [1.29, 1.82) is 0 Å². The Balaban J connectivity index is 0.974. The van der Waals surface area contributed by atoms with Crippen molar-refractivity contribution in [1.82, 2.24) is 24.6 Å². The number of rotatable bonds is 6. The van der Waals surface area contributed by atoms with E-state index in [-0.39, 0.29) is 32.7 Å². The number of benzene rings is 4. The Bertz CT molecular complexity index is 2460. The fraction of sp³-hybridized carbons (Fsp3) is 0.237. The third kappa shape index (κ3) is 5.93. The Labute approximate surface area is 299 Å². The number of H-pyrrole nitrogens is 1. The number of nitrogens with zero attached hydrogens (tertiary/aromatic N) is 4. The molecule has 52 heavy (non-hydrogen) atoms. The van der Waals surface area contributed by atoms with Crippen molar-refractivity contribution in [3.05, 3.63) is 117 Å². The van der Waals surface area contributed by atoms with Crippen LogP contribution < -0.4 is 14.8 Å². The molecule has 0 saturated heterocycles. The molecule has 2 N–H and O–H groups in total. The molecule has 9 nitrogen and oxygen atoms in total. The fourth-order valence-electron chi connectivity index (χ4n) is 6.91. The summed E-state index contributed by atoms with van der Waals surface area (Å²) in [5.74, 6) is -0.535. The highest BCUT2D eigenvalue weighted by Crippen LogP contribution is 2.49. The van der Waals surface area contributed by atoms with E-state index in [2.05, 4.69) is 26.5 Å². The molecule has 0 fully saturated rings. The molecule has 2 aliphatic rings. The Hall–Kier alpha value is -5.40. The number of para-hydroxylation sites is 1. The number of aromatic nitrogens is 4. The second-order valence-corrected chi connectivity index (χ2v) is 13.6. The maximum Gasteiger partial charge on any atom is 0.418 e. The number of imidazole rings is 1. The molecule has 1 amide bonds. The van der Waals surface area contributed by atoms with Gasteiger partial charge in [0.1, 0.15) is 17.2 Å². The SMILES string of the molecule is Cc1[nH]nc2c(C(F)(F)F)cc(NC(=O)c3ccc4c(c3)nc(CN3CC=C(c5cccc6c5OC(C)(c5ccc(Cl)cc5F)O6)CC3)n4C)cc12. The molecular weight excluding hydrogens is 700 g/mol. The lowest BCUT2D eigenvalue weighted by atomic mass is 9.98. The Morgan fingerprint density at radius 3 is 2.67 bits per heavy atom. The molecule has 0 saturated carbocycles. The number of nitrogens with one attached hydrogen (secondary N) is 2. The van der Waals surface area contributed by atoms with Gasteiger partial charge >= 0.3 is 6.18 Å². The van der Waals surface area contributed by atoms with Crippen LogP contribution in [0.1, 0.15) is 51.9 Å². The van der Waals surface area contributed by atoms with Crippen LogP contribution in [0.25, 0.3) is 27.5 Å². The van der Waals surface area contributed by atoms with Gasteiger partial charge in [-0.05, 0) is 73.5 Å². The van der Waals surface area contributed by atoms with Crippen LogP contribution in [0.4, 0.5) is 23.2 Å². The van der Waals surface area contributed by atoms with Crippen molar-refractivity contribution >= 4 is 50.7 Å². The van der Waals surface area contributed by atoms with Crippen molar-refractivity contribution in [2.24, 2.45) is 7.05 Å². The van der Waals surface area contributed by atoms with E-state index in [1.807, 2.05) is 23.7 Å². The standard InChI is InChI=1S/C38H31ClF4N6O3/c1-20-26-17-24(18-28(38(41,42)43)34(26)47-46-20)44-36(50)22-7-10-31-30(15-22)45-33(48(31)3)19-49-13-11-21(12-14-49)25-5-4-6-32-35(25)52-37(2,51-32)27-9-8-23(39)16-29(27)40/h4-11,15-18H,12-14,19H2,1-3H3,(H,44,50)(H,46,47). The van der Waals surface area contributed by atoms with Crippen LogP contribution in [0.15, 0.2) is 72.8 Å². The van der Waals surface area contributed by atoms with E-state index in [0.29, 0.717) is 35.8 Å². The van der Waals surface area contributed by atoms with Gasteiger partial charge in [-0.15, -0.1) is 0 Å². The van der Waals surface area contributed by atoms with Crippen molar-refractivity contribution in [3.63, 3.8) is 0 Å². The highest BCUT2D eigenvalue weighted by Gasteiger charge is 2.42. The summed E-state index contributed by atoms with van der Waals surface area (Å²) >= 11 is 5.97. The average molecular weight is 731 g/mol. The second kappa shape index (κ2) is 12.4. The minimum Gasteiger partial charge on any atom is -0.444 e. The molecule has 14 heteroatoms. The van der Waals surface area contributed by atoms with Gasteiger partial charge in [0.2, 0.25) is 0 Å². The summed E-state index contributed by atoms with van der Waals surface area (Å²) in [6.45, 7) is 5.22. The number of amides is 1. The lowest BCUT2D eigenvalue weighted by Gasteiger charge is -2.27. The van der Waals surface area contributed by atoms with Gasteiger partial charge in [0.05, 0.1) is 28.7 Å². The normalized spacial score (nSPS) is 17.6. The van der Waals surface area contributed by atoms with E-state index < -0.39 is 29.3 Å². The van der Waals surface area contributed by atoms with Crippen molar-refractivity contribution < 1.29 is 31.8 Å². The van der Waals surface area contributed by atoms with E-state index in [1.54, 1.807) is 50.2 Å². The van der Waals surface area contributed by atoms with E-state index in [0.717, 1.165) is 41.5 Å². The molecule has 1 atom stereocenters. The van der Waals surface area contributed by atoms with Crippen LogP contribution in [0.3, 0.4) is 0 Å². The smallest absolute Gasteiger partial charge is 0.418 e. The third-order valence-corrected chi connectivity index (χ3v) is 9.89. The van der Waals surface area contributed by atoms with Gasteiger partial charge < -0.3 is 19.4 Å². The van der Waals surface area contributed by atoms with Crippen molar-refractivity contribution in [2.45, 2.75) is 38.8 Å². The van der Waals surface area contributed by atoms with E-state index in [1.165, 1.54) is 12.1 Å². The minimum absolute atomic E-state index is 0.0117. The maximum absolute atomic E-state index is 14.8. The predicted molar refractivity (Wildman–Crippen MR) is 189 cm³/mol. The number of hydrogen-bond acceptors (Lipinski definition) is 6. The van der Waals surface area contributed by atoms with Gasteiger partial charge in [-0.25, -0.2) is 9.37 Å². The van der Waals surface area contributed by atoms with Crippen LogP contribution in [0.2, 0.25) is 5.02 Å². The summed E-state index contributed by atoms with van der Waals surface area (Å²) in [4.78, 5) is 20.3. The quantitative estimate of drug-likeness (QED) is 0.166. The van der Waals surface area contributed by atoms with Crippen LogP contribution >= 0.6 is 11.6 Å². The zero-order valence-corrected chi connectivity index (χ0v) is 28.9. The molecule has 0 bridgehead atoms. The number of alkyl halides is 3. The number of hydrogen-bond donors (Lipinski definition) is 2. The average Bonchev–Trinajstić information content (AvgIpc) is 3.75. The second-order valence-electron chi connectivity index (χ2n) is 13.1.